The van der Waals surface area contributed by atoms with Crippen LogP contribution >= 0.6 is 0 Å². The normalized spacial score (nSPS) is 11.0. The largest absolute Gasteiger partial charge is 0.467 e. The molecule has 3 heterocycles. The molecule has 0 aliphatic carbocycles. The average Bonchev–Trinajstić information content (AvgIpc) is 3.27. The first-order valence-electron chi connectivity index (χ1n) is 7.24. The minimum atomic E-state index is -0.136. The molecule has 0 saturated carbocycles. The van der Waals surface area contributed by atoms with Gasteiger partial charge in [-0.05, 0) is 42.5 Å². The maximum absolute atomic E-state index is 12.5. The van der Waals surface area contributed by atoms with Gasteiger partial charge in [0.25, 0.3) is 0 Å². The minimum absolute atomic E-state index is 0.136. The molecule has 0 aliphatic heterocycles. The Morgan fingerprint density at radius 2 is 1.70 bits per heavy atom. The predicted molar refractivity (Wildman–Crippen MR) is 84.9 cm³/mol. The molecule has 0 fully saturated rings. The Hall–Kier alpha value is -3.08. The van der Waals surface area contributed by atoms with Crippen LogP contribution in [0.2, 0.25) is 0 Å². The Morgan fingerprint density at radius 3 is 2.22 bits per heavy atom. The second-order valence-electron chi connectivity index (χ2n) is 4.94. The summed E-state index contributed by atoms with van der Waals surface area (Å²) in [6, 6.07) is 12.8. The third-order valence-corrected chi connectivity index (χ3v) is 3.25. The van der Waals surface area contributed by atoms with E-state index in [9.17, 15) is 4.79 Å². The van der Waals surface area contributed by atoms with Crippen molar-refractivity contribution in [3.63, 3.8) is 0 Å². The van der Waals surface area contributed by atoms with E-state index in [1.54, 1.807) is 41.8 Å². The van der Waals surface area contributed by atoms with Gasteiger partial charge in [-0.3, -0.25) is 9.78 Å². The van der Waals surface area contributed by atoms with Crippen molar-refractivity contribution in [3.8, 4) is 0 Å². The van der Waals surface area contributed by atoms with Crippen molar-refractivity contribution in [2.45, 2.75) is 13.1 Å². The lowest BCUT2D eigenvalue weighted by Gasteiger charge is -2.18. The van der Waals surface area contributed by atoms with Crippen molar-refractivity contribution in [1.82, 2.24) is 9.88 Å². The summed E-state index contributed by atoms with van der Waals surface area (Å²) in [7, 11) is 0. The predicted octanol–water partition coefficient (Wildman–Crippen LogP) is 3.51. The highest BCUT2D eigenvalue weighted by atomic mass is 16.3. The summed E-state index contributed by atoms with van der Waals surface area (Å²) < 4.78 is 10.7. The fraction of sp³-hybridized carbons (Fsp3) is 0.111. The molecule has 0 aromatic carbocycles. The van der Waals surface area contributed by atoms with Crippen LogP contribution in [0.3, 0.4) is 0 Å². The second kappa shape index (κ2) is 7.26. The van der Waals surface area contributed by atoms with E-state index >= 15 is 0 Å². The molecule has 0 unspecified atom stereocenters. The number of carbonyl (C=O) groups is 1. The van der Waals surface area contributed by atoms with Crippen LogP contribution in [-0.4, -0.2) is 15.8 Å². The van der Waals surface area contributed by atoms with E-state index in [0.29, 0.717) is 13.1 Å². The average molecular weight is 308 g/mol. The Morgan fingerprint density at radius 1 is 1.00 bits per heavy atom. The van der Waals surface area contributed by atoms with Crippen LogP contribution in [0.1, 0.15) is 17.2 Å². The zero-order chi connectivity index (χ0) is 15.9. The van der Waals surface area contributed by atoms with Crippen LogP contribution in [0, 0.1) is 0 Å². The van der Waals surface area contributed by atoms with E-state index in [0.717, 1.165) is 17.2 Å². The van der Waals surface area contributed by atoms with Gasteiger partial charge in [0.2, 0.25) is 5.91 Å². The van der Waals surface area contributed by atoms with Gasteiger partial charge < -0.3 is 13.7 Å². The Balaban J connectivity index is 1.73. The number of hydrogen-bond donors (Lipinski definition) is 0. The molecule has 116 valence electrons. The maximum atomic E-state index is 12.5. The number of carbonyl (C=O) groups excluding carboxylic acids is 1. The van der Waals surface area contributed by atoms with E-state index in [4.69, 9.17) is 8.83 Å². The molecule has 5 heteroatoms. The molecular formula is C18H16N2O3. The summed E-state index contributed by atoms with van der Waals surface area (Å²) in [5.41, 5.74) is 0.733. The fourth-order valence-electron chi connectivity index (χ4n) is 2.13. The lowest BCUT2D eigenvalue weighted by molar-refractivity contribution is -0.127. The number of rotatable bonds is 6. The molecule has 0 N–H and O–H groups in total. The topological polar surface area (TPSA) is 59.5 Å². The number of nitrogens with zero attached hydrogens (tertiary/aromatic N) is 2. The highest BCUT2D eigenvalue weighted by Gasteiger charge is 2.15. The quantitative estimate of drug-likeness (QED) is 0.654. The first-order chi connectivity index (χ1) is 11.3. The lowest BCUT2D eigenvalue weighted by atomic mass is 10.3. The van der Waals surface area contributed by atoms with Gasteiger partial charge in [0.1, 0.15) is 11.5 Å². The van der Waals surface area contributed by atoms with E-state index in [1.807, 2.05) is 30.3 Å². The summed E-state index contributed by atoms with van der Waals surface area (Å²) in [6.45, 7) is 0.748. The Kier molecular flexibility index (Phi) is 4.69. The van der Waals surface area contributed by atoms with Gasteiger partial charge in [0, 0.05) is 12.3 Å². The van der Waals surface area contributed by atoms with Crippen LogP contribution in [0.5, 0.6) is 0 Å². The van der Waals surface area contributed by atoms with E-state index in [2.05, 4.69) is 4.98 Å². The molecule has 0 bridgehead atoms. The van der Waals surface area contributed by atoms with Crippen LogP contribution in [0.15, 0.2) is 76.1 Å². The highest BCUT2D eigenvalue weighted by Crippen LogP contribution is 2.12. The molecule has 0 spiro atoms. The van der Waals surface area contributed by atoms with Crippen molar-refractivity contribution < 1.29 is 13.6 Å². The summed E-state index contributed by atoms with van der Waals surface area (Å²) in [5, 5.41) is 0. The first kappa shape index (κ1) is 14.8. The number of hydrogen-bond acceptors (Lipinski definition) is 4. The van der Waals surface area contributed by atoms with Crippen molar-refractivity contribution in [2.75, 3.05) is 0 Å². The summed E-state index contributed by atoms with van der Waals surface area (Å²) in [4.78, 5) is 18.3. The minimum Gasteiger partial charge on any atom is -0.467 e. The van der Waals surface area contributed by atoms with Gasteiger partial charge in [0.15, 0.2) is 0 Å². The van der Waals surface area contributed by atoms with E-state index in [-0.39, 0.29) is 5.91 Å². The molecule has 0 saturated heterocycles. The zero-order valence-electron chi connectivity index (χ0n) is 12.5. The van der Waals surface area contributed by atoms with Crippen molar-refractivity contribution in [3.05, 3.63) is 84.5 Å². The van der Waals surface area contributed by atoms with Crippen molar-refractivity contribution in [1.29, 1.82) is 0 Å². The van der Waals surface area contributed by atoms with E-state index < -0.39 is 0 Å². The SMILES string of the molecule is O=C(/C=C/c1ccccn1)N(Cc1ccco1)Cc1ccco1. The molecule has 5 nitrogen and oxygen atoms in total. The second-order valence-corrected chi connectivity index (χ2v) is 4.94. The van der Waals surface area contributed by atoms with Gasteiger partial charge in [0.05, 0.1) is 31.3 Å². The van der Waals surface area contributed by atoms with Crippen molar-refractivity contribution >= 4 is 12.0 Å². The zero-order valence-corrected chi connectivity index (χ0v) is 12.5. The van der Waals surface area contributed by atoms with Crippen LogP contribution in [0.25, 0.3) is 6.08 Å². The van der Waals surface area contributed by atoms with Gasteiger partial charge in [-0.25, -0.2) is 0 Å². The smallest absolute Gasteiger partial charge is 0.247 e. The molecule has 0 atom stereocenters. The maximum Gasteiger partial charge on any atom is 0.247 e. The number of furan rings is 2. The molecule has 3 aromatic rings. The Bertz CT molecular complexity index is 711. The molecule has 1 amide bonds. The molecule has 3 aromatic heterocycles. The fourth-order valence-corrected chi connectivity index (χ4v) is 2.13. The summed E-state index contributed by atoms with van der Waals surface area (Å²) in [5.74, 6) is 1.30. The van der Waals surface area contributed by atoms with Gasteiger partial charge in [-0.1, -0.05) is 6.07 Å². The summed E-state index contributed by atoms with van der Waals surface area (Å²) in [6.07, 6.45) is 8.07. The number of pyridine rings is 1. The number of aromatic nitrogens is 1. The van der Waals surface area contributed by atoms with E-state index in [1.165, 1.54) is 6.08 Å². The first-order valence-corrected chi connectivity index (χ1v) is 7.24. The summed E-state index contributed by atoms with van der Waals surface area (Å²) >= 11 is 0. The number of amides is 1. The van der Waals surface area contributed by atoms with Gasteiger partial charge in [-0.2, -0.15) is 0 Å². The molecule has 23 heavy (non-hydrogen) atoms. The molecular weight excluding hydrogens is 292 g/mol. The highest BCUT2D eigenvalue weighted by molar-refractivity contribution is 5.91. The standard InChI is InChI=1S/C18H16N2O3/c21-18(9-8-15-5-1-2-10-19-15)20(13-16-6-3-11-22-16)14-17-7-4-12-23-17/h1-12H,13-14H2/b9-8+. The third-order valence-electron chi connectivity index (χ3n) is 3.25. The molecule has 0 aliphatic rings. The van der Waals surface area contributed by atoms with Crippen LogP contribution < -0.4 is 0 Å². The van der Waals surface area contributed by atoms with Gasteiger partial charge in [-0.15, -0.1) is 0 Å². The van der Waals surface area contributed by atoms with Gasteiger partial charge >= 0.3 is 0 Å². The lowest BCUT2D eigenvalue weighted by Crippen LogP contribution is -2.28. The Labute approximate surface area is 133 Å². The van der Waals surface area contributed by atoms with Crippen LogP contribution in [0.4, 0.5) is 0 Å². The van der Waals surface area contributed by atoms with Crippen LogP contribution in [-0.2, 0) is 17.9 Å². The molecule has 0 radical (unpaired) electrons. The molecule has 3 rings (SSSR count). The van der Waals surface area contributed by atoms with Crippen molar-refractivity contribution in [2.24, 2.45) is 0 Å². The monoisotopic (exact) mass is 308 g/mol. The third kappa shape index (κ3) is 4.20.